The summed E-state index contributed by atoms with van der Waals surface area (Å²) < 4.78 is 0. The van der Waals surface area contributed by atoms with Crippen molar-refractivity contribution in [3.8, 4) is 0 Å². The van der Waals surface area contributed by atoms with Crippen molar-refractivity contribution in [2.24, 2.45) is 5.92 Å². The van der Waals surface area contributed by atoms with E-state index in [2.05, 4.69) is 41.5 Å². The molecule has 1 N–H and O–H groups in total. The first-order valence-corrected chi connectivity index (χ1v) is 9.06. The minimum atomic E-state index is 0.283. The molecule has 1 aromatic heterocycles. The molecule has 1 amide bonds. The lowest BCUT2D eigenvalue weighted by Gasteiger charge is -2.39. The van der Waals surface area contributed by atoms with Crippen molar-refractivity contribution < 1.29 is 4.79 Å². The van der Waals surface area contributed by atoms with Gasteiger partial charge in [-0.25, -0.2) is 0 Å². The lowest BCUT2D eigenvalue weighted by molar-refractivity contribution is -0.133. The number of nitrogens with zero attached hydrogens (tertiary/aromatic N) is 2. The Kier molecular flexibility index (Phi) is 5.46. The van der Waals surface area contributed by atoms with E-state index in [1.165, 1.54) is 10.9 Å². The summed E-state index contributed by atoms with van der Waals surface area (Å²) in [6, 6.07) is 10.9. The van der Waals surface area contributed by atoms with E-state index in [0.717, 1.165) is 38.0 Å². The van der Waals surface area contributed by atoms with E-state index in [1.54, 1.807) is 0 Å². The van der Waals surface area contributed by atoms with Crippen molar-refractivity contribution in [2.75, 3.05) is 13.1 Å². The maximum absolute atomic E-state index is 12.0. The monoisotopic (exact) mass is 325 g/mol. The van der Waals surface area contributed by atoms with Crippen molar-refractivity contribution in [1.82, 2.24) is 15.2 Å². The number of carbonyl (C=O) groups is 1. The molecule has 0 radical (unpaired) electrons. The summed E-state index contributed by atoms with van der Waals surface area (Å²) in [6.45, 7) is 6.75. The summed E-state index contributed by atoms with van der Waals surface area (Å²) in [5.74, 6) is 0.808. The highest BCUT2D eigenvalue weighted by molar-refractivity contribution is 5.81. The molecule has 1 aromatic carbocycles. The van der Waals surface area contributed by atoms with E-state index >= 15 is 0 Å². The lowest BCUT2D eigenvalue weighted by atomic mass is 9.89. The van der Waals surface area contributed by atoms with Gasteiger partial charge >= 0.3 is 0 Å². The fourth-order valence-corrected chi connectivity index (χ4v) is 3.72. The van der Waals surface area contributed by atoms with E-state index in [1.807, 2.05) is 24.1 Å². The van der Waals surface area contributed by atoms with Gasteiger partial charge in [0.25, 0.3) is 0 Å². The molecular formula is C20H27N3O. The quantitative estimate of drug-likeness (QED) is 0.917. The van der Waals surface area contributed by atoms with Crippen molar-refractivity contribution >= 4 is 16.8 Å². The van der Waals surface area contributed by atoms with Crippen molar-refractivity contribution in [2.45, 2.75) is 45.7 Å². The smallest absolute Gasteiger partial charge is 0.222 e. The van der Waals surface area contributed by atoms with Gasteiger partial charge in [0.05, 0.1) is 5.52 Å². The maximum atomic E-state index is 12.0. The van der Waals surface area contributed by atoms with E-state index in [4.69, 9.17) is 0 Å². The summed E-state index contributed by atoms with van der Waals surface area (Å²) in [6.07, 6.45) is 4.59. The second-order valence-electron chi connectivity index (χ2n) is 6.63. The van der Waals surface area contributed by atoms with Gasteiger partial charge in [0.15, 0.2) is 0 Å². The second kappa shape index (κ2) is 7.75. The normalized spacial score (nSPS) is 21.2. The molecule has 1 aliphatic rings. The van der Waals surface area contributed by atoms with Crippen LogP contribution in [-0.2, 0) is 11.3 Å². The van der Waals surface area contributed by atoms with Crippen LogP contribution in [0.15, 0.2) is 36.5 Å². The molecule has 0 spiro atoms. The van der Waals surface area contributed by atoms with Gasteiger partial charge in [-0.15, -0.1) is 0 Å². The summed E-state index contributed by atoms with van der Waals surface area (Å²) in [5.41, 5.74) is 2.33. The molecule has 1 fully saturated rings. The Hall–Kier alpha value is -1.94. The fraction of sp³-hybridized carbons (Fsp3) is 0.500. The Balaban J connectivity index is 1.66. The van der Waals surface area contributed by atoms with Gasteiger partial charge in [-0.1, -0.05) is 44.5 Å². The number of piperidine rings is 1. The highest BCUT2D eigenvalue weighted by atomic mass is 16.2. The molecule has 1 saturated heterocycles. The van der Waals surface area contributed by atoms with E-state index in [-0.39, 0.29) is 5.91 Å². The third kappa shape index (κ3) is 3.59. The Labute approximate surface area is 144 Å². The molecular weight excluding hydrogens is 298 g/mol. The SMILES string of the molecule is CCC(=O)N1CC[C@@H](NCc2cccc3cccnc23)[C@@H](CC)C1. The molecule has 2 heterocycles. The molecule has 2 aromatic rings. The molecule has 1 aliphatic heterocycles. The number of nitrogens with one attached hydrogen (secondary N) is 1. The number of carbonyl (C=O) groups excluding carboxylic acids is 1. The van der Waals surface area contributed by atoms with Crippen LogP contribution in [0.25, 0.3) is 10.9 Å². The highest BCUT2D eigenvalue weighted by Crippen LogP contribution is 2.22. The maximum Gasteiger partial charge on any atom is 0.222 e. The Bertz CT molecular complexity index is 695. The van der Waals surface area contributed by atoms with Gasteiger partial charge in [0, 0.05) is 43.7 Å². The van der Waals surface area contributed by atoms with Gasteiger partial charge in [-0.2, -0.15) is 0 Å². The van der Waals surface area contributed by atoms with Crippen LogP contribution < -0.4 is 5.32 Å². The third-order valence-corrected chi connectivity index (χ3v) is 5.18. The number of amides is 1. The lowest BCUT2D eigenvalue weighted by Crippen LogP contribution is -2.50. The van der Waals surface area contributed by atoms with Gasteiger partial charge in [-0.05, 0) is 24.0 Å². The van der Waals surface area contributed by atoms with E-state index in [0.29, 0.717) is 18.4 Å². The third-order valence-electron chi connectivity index (χ3n) is 5.18. The van der Waals surface area contributed by atoms with E-state index in [9.17, 15) is 4.79 Å². The van der Waals surface area contributed by atoms with Crippen LogP contribution in [0.1, 0.15) is 38.7 Å². The zero-order valence-electron chi connectivity index (χ0n) is 14.7. The van der Waals surface area contributed by atoms with E-state index < -0.39 is 0 Å². The molecule has 4 nitrogen and oxygen atoms in total. The highest BCUT2D eigenvalue weighted by Gasteiger charge is 2.29. The Morgan fingerprint density at radius 1 is 1.29 bits per heavy atom. The first-order valence-electron chi connectivity index (χ1n) is 9.06. The summed E-state index contributed by atoms with van der Waals surface area (Å²) in [5, 5.41) is 4.92. The standard InChI is InChI=1S/C20H27N3O/c1-3-15-14-23(19(24)4-2)12-10-18(15)22-13-17-8-5-7-16-9-6-11-21-20(16)17/h5-9,11,15,18,22H,3-4,10,12-14H2,1-2H3/t15-,18+/m0/s1. The zero-order valence-corrected chi connectivity index (χ0v) is 14.7. The first kappa shape index (κ1) is 16.9. The van der Waals surface area contributed by atoms with Crippen LogP contribution in [0.4, 0.5) is 0 Å². The molecule has 0 bridgehead atoms. The van der Waals surface area contributed by atoms with Crippen LogP contribution in [0, 0.1) is 5.92 Å². The predicted octanol–water partition coefficient (Wildman–Crippen LogP) is 3.36. The Morgan fingerprint density at radius 2 is 2.12 bits per heavy atom. The van der Waals surface area contributed by atoms with Crippen LogP contribution in [-0.4, -0.2) is 34.9 Å². The molecule has 2 atom stereocenters. The number of para-hydroxylation sites is 1. The number of aromatic nitrogens is 1. The largest absolute Gasteiger partial charge is 0.342 e. The number of fused-ring (bicyclic) bond motifs is 1. The van der Waals surface area contributed by atoms with Crippen molar-refractivity contribution in [1.29, 1.82) is 0 Å². The summed E-state index contributed by atoms with van der Waals surface area (Å²) in [4.78, 5) is 18.5. The molecule has 0 aliphatic carbocycles. The average molecular weight is 325 g/mol. The number of pyridine rings is 1. The van der Waals surface area contributed by atoms with Gasteiger partial charge < -0.3 is 10.2 Å². The molecule has 3 rings (SSSR count). The average Bonchev–Trinajstić information content (AvgIpc) is 2.65. The number of hydrogen-bond acceptors (Lipinski definition) is 3. The van der Waals surface area contributed by atoms with Crippen molar-refractivity contribution in [3.05, 3.63) is 42.1 Å². The van der Waals surface area contributed by atoms with Crippen LogP contribution >= 0.6 is 0 Å². The molecule has 128 valence electrons. The van der Waals surface area contributed by atoms with Crippen molar-refractivity contribution in [3.63, 3.8) is 0 Å². The number of likely N-dealkylation sites (tertiary alicyclic amines) is 1. The topological polar surface area (TPSA) is 45.2 Å². The number of hydrogen-bond donors (Lipinski definition) is 1. The van der Waals surface area contributed by atoms with Gasteiger partial charge in [0.2, 0.25) is 5.91 Å². The summed E-state index contributed by atoms with van der Waals surface area (Å²) >= 11 is 0. The molecule has 0 unspecified atom stereocenters. The number of benzene rings is 1. The second-order valence-corrected chi connectivity index (χ2v) is 6.63. The summed E-state index contributed by atoms with van der Waals surface area (Å²) in [7, 11) is 0. The zero-order chi connectivity index (χ0) is 16.9. The van der Waals surface area contributed by atoms with Crippen LogP contribution in [0.5, 0.6) is 0 Å². The molecule has 4 heteroatoms. The Morgan fingerprint density at radius 3 is 2.92 bits per heavy atom. The fourth-order valence-electron chi connectivity index (χ4n) is 3.72. The minimum Gasteiger partial charge on any atom is -0.342 e. The van der Waals surface area contributed by atoms with Crippen LogP contribution in [0.2, 0.25) is 0 Å². The van der Waals surface area contributed by atoms with Gasteiger partial charge in [-0.3, -0.25) is 9.78 Å². The number of rotatable bonds is 5. The van der Waals surface area contributed by atoms with Gasteiger partial charge in [0.1, 0.15) is 0 Å². The van der Waals surface area contributed by atoms with Crippen LogP contribution in [0.3, 0.4) is 0 Å². The molecule has 24 heavy (non-hydrogen) atoms. The molecule has 0 saturated carbocycles. The first-order chi connectivity index (χ1) is 11.7. The minimum absolute atomic E-state index is 0.283. The predicted molar refractivity (Wildman–Crippen MR) is 97.6 cm³/mol.